The third-order valence-electron chi connectivity index (χ3n) is 2.41. The number of carbonyl (C=O) groups is 1. The minimum atomic E-state index is -0.672. The Bertz CT molecular complexity index is 436. The number of benzene rings is 1. The minimum absolute atomic E-state index is 0.127. The van der Waals surface area contributed by atoms with E-state index in [4.69, 9.17) is 4.74 Å². The van der Waals surface area contributed by atoms with Crippen LogP contribution in [0.4, 0.5) is 4.39 Å². The van der Waals surface area contributed by atoms with E-state index < -0.39 is 29.2 Å². The molecule has 0 unspecified atom stereocenters. The second-order valence-corrected chi connectivity index (χ2v) is 3.78. The van der Waals surface area contributed by atoms with E-state index in [-0.39, 0.29) is 13.0 Å². The first-order valence-electron chi connectivity index (χ1n) is 5.55. The summed E-state index contributed by atoms with van der Waals surface area (Å²) < 4.78 is 17.8. The molecule has 0 N–H and O–H groups in total. The van der Waals surface area contributed by atoms with Gasteiger partial charge in [0.15, 0.2) is 0 Å². The Morgan fingerprint density at radius 1 is 1.56 bits per heavy atom. The summed E-state index contributed by atoms with van der Waals surface area (Å²) in [7, 11) is 0. The fraction of sp³-hybridized carbons (Fsp3) is 0.417. The van der Waals surface area contributed by atoms with Crippen molar-refractivity contribution in [2.24, 2.45) is 0 Å². The number of carbonyl (C=O) groups excluding carboxylic acids is 1. The second kappa shape index (κ2) is 6.68. The zero-order chi connectivity index (χ0) is 13.5. The summed E-state index contributed by atoms with van der Waals surface area (Å²) in [6, 6.07) is 5.48. The number of ether oxygens (including phenoxy) is 1. The van der Waals surface area contributed by atoms with Gasteiger partial charge in [0.25, 0.3) is 0 Å². The highest BCUT2D eigenvalue weighted by Gasteiger charge is 2.22. The maximum absolute atomic E-state index is 13.1. The summed E-state index contributed by atoms with van der Waals surface area (Å²) >= 11 is 0. The number of halogens is 1. The maximum atomic E-state index is 13.1. The molecule has 0 radical (unpaired) electrons. The van der Waals surface area contributed by atoms with E-state index in [1.165, 1.54) is 18.2 Å². The third kappa shape index (κ3) is 4.48. The van der Waals surface area contributed by atoms with Crippen molar-refractivity contribution >= 4 is 5.97 Å². The molecule has 6 heteroatoms. The second-order valence-electron chi connectivity index (χ2n) is 3.78. The van der Waals surface area contributed by atoms with Crippen LogP contribution < -0.4 is 0 Å². The highest BCUT2D eigenvalue weighted by Crippen LogP contribution is 2.21. The number of nitrogens with zero attached hydrogens (tertiary/aromatic N) is 1. The standard InChI is InChI=1S/C12H14FNO4/c1-2-18-12(15)7-10(8-14(16)17)9-4-3-5-11(13)6-9/h3-6,10H,2,7-8H2,1H3/t10-/m0/s1. The van der Waals surface area contributed by atoms with Gasteiger partial charge in [-0.25, -0.2) is 4.39 Å². The highest BCUT2D eigenvalue weighted by molar-refractivity contribution is 5.70. The fourth-order valence-electron chi connectivity index (χ4n) is 1.65. The molecule has 18 heavy (non-hydrogen) atoms. The smallest absolute Gasteiger partial charge is 0.306 e. The van der Waals surface area contributed by atoms with Crippen molar-refractivity contribution in [2.45, 2.75) is 19.3 Å². The Labute approximate surface area is 104 Å². The quantitative estimate of drug-likeness (QED) is 0.443. The molecular weight excluding hydrogens is 241 g/mol. The number of hydrogen-bond acceptors (Lipinski definition) is 4. The maximum Gasteiger partial charge on any atom is 0.306 e. The Balaban J connectivity index is 2.84. The van der Waals surface area contributed by atoms with Crippen LogP contribution in [0.1, 0.15) is 24.8 Å². The van der Waals surface area contributed by atoms with Crippen LogP contribution in [-0.4, -0.2) is 24.0 Å². The fourth-order valence-corrected chi connectivity index (χ4v) is 1.65. The molecule has 0 spiro atoms. The average Bonchev–Trinajstić information content (AvgIpc) is 2.28. The zero-order valence-corrected chi connectivity index (χ0v) is 9.97. The SMILES string of the molecule is CCOC(=O)C[C@@H](C[N+](=O)[O-])c1cccc(F)c1. The van der Waals surface area contributed by atoms with Crippen LogP contribution in [0.2, 0.25) is 0 Å². The van der Waals surface area contributed by atoms with Gasteiger partial charge in [0, 0.05) is 4.92 Å². The molecule has 0 saturated carbocycles. The van der Waals surface area contributed by atoms with Crippen LogP contribution in [0.3, 0.4) is 0 Å². The molecule has 1 aromatic rings. The number of rotatable bonds is 6. The lowest BCUT2D eigenvalue weighted by Crippen LogP contribution is -2.18. The molecule has 0 amide bonds. The lowest BCUT2D eigenvalue weighted by atomic mass is 9.96. The first-order valence-corrected chi connectivity index (χ1v) is 5.55. The van der Waals surface area contributed by atoms with Crippen LogP contribution in [0, 0.1) is 15.9 Å². The Hall–Kier alpha value is -1.98. The van der Waals surface area contributed by atoms with Gasteiger partial charge in [0.1, 0.15) is 5.82 Å². The first-order chi connectivity index (χ1) is 8.52. The Morgan fingerprint density at radius 3 is 2.83 bits per heavy atom. The summed E-state index contributed by atoms with van der Waals surface area (Å²) in [5.41, 5.74) is 0.430. The highest BCUT2D eigenvalue weighted by atomic mass is 19.1. The van der Waals surface area contributed by atoms with E-state index in [0.717, 1.165) is 0 Å². The van der Waals surface area contributed by atoms with Gasteiger partial charge >= 0.3 is 5.97 Å². The van der Waals surface area contributed by atoms with E-state index in [1.807, 2.05) is 0 Å². The summed E-state index contributed by atoms with van der Waals surface area (Å²) in [5.74, 6) is -1.67. The molecule has 0 saturated heterocycles. The van der Waals surface area contributed by atoms with Crippen molar-refractivity contribution in [3.63, 3.8) is 0 Å². The van der Waals surface area contributed by atoms with Crippen molar-refractivity contribution < 1.29 is 18.8 Å². The summed E-state index contributed by atoms with van der Waals surface area (Å²) in [4.78, 5) is 21.4. The molecular formula is C12H14FNO4. The normalized spacial score (nSPS) is 11.9. The topological polar surface area (TPSA) is 69.4 Å². The predicted molar refractivity (Wildman–Crippen MR) is 62.3 cm³/mol. The number of nitro groups is 1. The Kier molecular flexibility index (Phi) is 5.23. The Morgan fingerprint density at radius 2 is 2.28 bits per heavy atom. The molecule has 1 rings (SSSR count). The predicted octanol–water partition coefficient (Wildman–Crippen LogP) is 2.14. The molecule has 0 aromatic heterocycles. The molecule has 0 aliphatic heterocycles. The van der Waals surface area contributed by atoms with Crippen LogP contribution in [0.15, 0.2) is 24.3 Å². The van der Waals surface area contributed by atoms with E-state index in [9.17, 15) is 19.3 Å². The van der Waals surface area contributed by atoms with Crippen LogP contribution in [-0.2, 0) is 9.53 Å². The third-order valence-corrected chi connectivity index (χ3v) is 2.41. The van der Waals surface area contributed by atoms with Crippen LogP contribution in [0.25, 0.3) is 0 Å². The summed E-state index contributed by atoms with van der Waals surface area (Å²) in [6.45, 7) is 1.44. The van der Waals surface area contributed by atoms with Crippen LogP contribution in [0.5, 0.6) is 0 Å². The molecule has 0 aliphatic rings. The zero-order valence-electron chi connectivity index (χ0n) is 9.97. The number of esters is 1. The van der Waals surface area contributed by atoms with Crippen molar-refractivity contribution in [3.8, 4) is 0 Å². The van der Waals surface area contributed by atoms with Crippen molar-refractivity contribution in [1.82, 2.24) is 0 Å². The molecule has 0 bridgehead atoms. The number of hydrogen-bond donors (Lipinski definition) is 0. The average molecular weight is 255 g/mol. The van der Waals surface area contributed by atoms with Gasteiger partial charge < -0.3 is 4.74 Å². The van der Waals surface area contributed by atoms with Gasteiger partial charge in [0.05, 0.1) is 18.9 Å². The van der Waals surface area contributed by atoms with Crippen LogP contribution >= 0.6 is 0 Å². The molecule has 0 heterocycles. The summed E-state index contributed by atoms with van der Waals surface area (Å²) in [6.07, 6.45) is -0.127. The van der Waals surface area contributed by atoms with Gasteiger partial charge in [-0.15, -0.1) is 0 Å². The first kappa shape index (κ1) is 14.1. The van der Waals surface area contributed by atoms with Gasteiger partial charge in [-0.1, -0.05) is 12.1 Å². The lowest BCUT2D eigenvalue weighted by molar-refractivity contribution is -0.483. The van der Waals surface area contributed by atoms with Crippen molar-refractivity contribution in [2.75, 3.05) is 13.2 Å². The van der Waals surface area contributed by atoms with Crippen molar-refractivity contribution in [1.29, 1.82) is 0 Å². The molecule has 1 aromatic carbocycles. The molecule has 0 aliphatic carbocycles. The van der Waals surface area contributed by atoms with Gasteiger partial charge in [-0.2, -0.15) is 0 Å². The molecule has 1 atom stereocenters. The lowest BCUT2D eigenvalue weighted by Gasteiger charge is -2.12. The largest absolute Gasteiger partial charge is 0.466 e. The van der Waals surface area contributed by atoms with Gasteiger partial charge in [-0.05, 0) is 24.6 Å². The van der Waals surface area contributed by atoms with E-state index in [2.05, 4.69) is 0 Å². The molecule has 98 valence electrons. The molecule has 0 fully saturated rings. The minimum Gasteiger partial charge on any atom is -0.466 e. The van der Waals surface area contributed by atoms with E-state index in [0.29, 0.717) is 5.56 Å². The van der Waals surface area contributed by atoms with Crippen molar-refractivity contribution in [3.05, 3.63) is 45.8 Å². The molecule has 5 nitrogen and oxygen atoms in total. The summed E-state index contributed by atoms with van der Waals surface area (Å²) in [5, 5.41) is 10.6. The van der Waals surface area contributed by atoms with Gasteiger partial charge in [-0.3, -0.25) is 14.9 Å². The monoisotopic (exact) mass is 255 g/mol. The van der Waals surface area contributed by atoms with E-state index in [1.54, 1.807) is 13.0 Å². The van der Waals surface area contributed by atoms with E-state index >= 15 is 0 Å². The van der Waals surface area contributed by atoms with Gasteiger partial charge in [0.2, 0.25) is 6.54 Å².